The lowest BCUT2D eigenvalue weighted by atomic mass is 10.1. The lowest BCUT2D eigenvalue weighted by Crippen LogP contribution is -2.31. The average molecular weight is 242 g/mol. The van der Waals surface area contributed by atoms with Gasteiger partial charge in [-0.3, -0.25) is 0 Å². The van der Waals surface area contributed by atoms with E-state index >= 15 is 0 Å². The molecule has 6 heteroatoms. The monoisotopic (exact) mass is 242 g/mol. The predicted molar refractivity (Wildman–Crippen MR) is 63.2 cm³/mol. The molecule has 16 heavy (non-hydrogen) atoms. The molecule has 0 atom stereocenters. The van der Waals surface area contributed by atoms with E-state index in [1.54, 1.807) is 11.8 Å². The van der Waals surface area contributed by atoms with Crippen LogP contribution in [0.15, 0.2) is 9.64 Å². The second-order valence-corrected chi connectivity index (χ2v) is 4.96. The van der Waals surface area contributed by atoms with Crippen molar-refractivity contribution in [2.75, 3.05) is 25.4 Å². The lowest BCUT2D eigenvalue weighted by Gasteiger charge is -2.25. The van der Waals surface area contributed by atoms with Crippen LogP contribution in [-0.2, 0) is 6.54 Å². The average Bonchev–Trinajstić information content (AvgIpc) is 2.78. The van der Waals surface area contributed by atoms with E-state index < -0.39 is 0 Å². The van der Waals surface area contributed by atoms with Crippen LogP contribution in [0.4, 0.5) is 0 Å². The normalized spacial score (nSPS) is 17.8. The molecule has 1 aromatic heterocycles. The van der Waals surface area contributed by atoms with Gasteiger partial charge in [-0.2, -0.15) is 0 Å². The third-order valence-electron chi connectivity index (χ3n) is 2.70. The molecule has 2 N–H and O–H groups in total. The van der Waals surface area contributed by atoms with Crippen molar-refractivity contribution in [3.05, 3.63) is 5.89 Å². The topological polar surface area (TPSA) is 68.2 Å². The van der Waals surface area contributed by atoms with Gasteiger partial charge in [0, 0.05) is 12.3 Å². The van der Waals surface area contributed by atoms with Crippen LogP contribution in [0.25, 0.3) is 0 Å². The van der Waals surface area contributed by atoms with Crippen molar-refractivity contribution in [3.8, 4) is 0 Å². The van der Waals surface area contributed by atoms with Crippen LogP contribution in [0.3, 0.4) is 0 Å². The summed E-state index contributed by atoms with van der Waals surface area (Å²) in [6.07, 6.45) is 4.05. The lowest BCUT2D eigenvalue weighted by molar-refractivity contribution is 0.242. The molecule has 90 valence electrons. The Bertz CT molecular complexity index is 312. The Morgan fingerprint density at radius 2 is 2.06 bits per heavy atom. The molecule has 1 aromatic rings. The molecule has 0 amide bonds. The van der Waals surface area contributed by atoms with E-state index in [4.69, 9.17) is 10.2 Å². The summed E-state index contributed by atoms with van der Waals surface area (Å²) in [5, 5.41) is 8.38. The van der Waals surface area contributed by atoms with Crippen molar-refractivity contribution in [1.82, 2.24) is 15.1 Å². The first-order valence-electron chi connectivity index (χ1n) is 5.76. The molecular formula is C10H18N4OS. The quantitative estimate of drug-likeness (QED) is 0.780. The Hall–Kier alpha value is -0.590. The highest BCUT2D eigenvalue weighted by Crippen LogP contribution is 2.17. The van der Waals surface area contributed by atoms with Crippen molar-refractivity contribution >= 4 is 11.8 Å². The molecule has 1 aliphatic heterocycles. The number of rotatable bonds is 5. The summed E-state index contributed by atoms with van der Waals surface area (Å²) in [7, 11) is 0. The first kappa shape index (κ1) is 11.9. The highest BCUT2D eigenvalue weighted by atomic mass is 32.2. The van der Waals surface area contributed by atoms with Gasteiger partial charge < -0.3 is 15.1 Å². The van der Waals surface area contributed by atoms with Crippen LogP contribution >= 0.6 is 11.8 Å². The molecule has 1 aliphatic rings. The molecule has 0 saturated carbocycles. The van der Waals surface area contributed by atoms with E-state index in [9.17, 15) is 0 Å². The number of nitrogens with zero attached hydrogens (tertiary/aromatic N) is 3. The molecule has 1 fully saturated rings. The van der Waals surface area contributed by atoms with Gasteiger partial charge in [0.05, 0.1) is 6.54 Å². The van der Waals surface area contributed by atoms with Crippen LogP contribution in [0, 0.1) is 0 Å². The smallest absolute Gasteiger partial charge is 0.276 e. The fourth-order valence-corrected chi connectivity index (χ4v) is 2.60. The van der Waals surface area contributed by atoms with Gasteiger partial charge in [-0.1, -0.05) is 18.2 Å². The third-order valence-corrected chi connectivity index (χ3v) is 3.50. The molecule has 0 radical (unpaired) electrons. The highest BCUT2D eigenvalue weighted by Gasteiger charge is 2.10. The maximum absolute atomic E-state index is 5.39. The minimum absolute atomic E-state index is 0.319. The van der Waals surface area contributed by atoms with Crippen molar-refractivity contribution in [3.63, 3.8) is 0 Å². The van der Waals surface area contributed by atoms with Gasteiger partial charge in [0.15, 0.2) is 0 Å². The molecule has 0 bridgehead atoms. The van der Waals surface area contributed by atoms with Crippen LogP contribution < -0.4 is 5.73 Å². The van der Waals surface area contributed by atoms with Gasteiger partial charge in [-0.15, -0.1) is 10.2 Å². The zero-order chi connectivity index (χ0) is 11.2. The van der Waals surface area contributed by atoms with E-state index in [2.05, 4.69) is 15.1 Å². The fourth-order valence-electron chi connectivity index (χ4n) is 1.82. The molecular weight excluding hydrogens is 224 g/mol. The summed E-state index contributed by atoms with van der Waals surface area (Å²) in [6.45, 7) is 3.89. The minimum atomic E-state index is 0.319. The van der Waals surface area contributed by atoms with E-state index in [1.807, 2.05) is 0 Å². The van der Waals surface area contributed by atoms with E-state index in [1.165, 1.54) is 32.4 Å². The Labute approximate surface area is 99.8 Å². The number of hydrogen-bond donors (Lipinski definition) is 1. The van der Waals surface area contributed by atoms with Gasteiger partial charge in [-0.25, -0.2) is 0 Å². The molecule has 2 rings (SSSR count). The number of hydrogen-bond acceptors (Lipinski definition) is 6. The summed E-state index contributed by atoms with van der Waals surface area (Å²) >= 11 is 1.61. The summed E-state index contributed by atoms with van der Waals surface area (Å²) in [6, 6.07) is 0. The Morgan fingerprint density at radius 1 is 1.25 bits per heavy atom. The van der Waals surface area contributed by atoms with Gasteiger partial charge >= 0.3 is 0 Å². The van der Waals surface area contributed by atoms with Crippen LogP contribution in [0.5, 0.6) is 0 Å². The van der Waals surface area contributed by atoms with Gasteiger partial charge in [0.25, 0.3) is 5.22 Å². The summed E-state index contributed by atoms with van der Waals surface area (Å²) < 4.78 is 5.32. The second kappa shape index (κ2) is 6.22. The van der Waals surface area contributed by atoms with Crippen molar-refractivity contribution in [2.24, 2.45) is 5.73 Å². The Kier molecular flexibility index (Phi) is 4.62. The molecule has 5 nitrogen and oxygen atoms in total. The van der Waals surface area contributed by atoms with Gasteiger partial charge in [0.2, 0.25) is 5.89 Å². The van der Waals surface area contributed by atoms with Gasteiger partial charge in [0.1, 0.15) is 0 Å². The van der Waals surface area contributed by atoms with Crippen molar-refractivity contribution in [1.29, 1.82) is 0 Å². The standard InChI is InChI=1S/C10H18N4OS/c11-8-9-12-13-10(15-9)16-7-6-14-4-2-1-3-5-14/h1-8,11H2. The Morgan fingerprint density at radius 3 is 2.75 bits per heavy atom. The minimum Gasteiger partial charge on any atom is -0.415 e. The van der Waals surface area contributed by atoms with E-state index in [0.29, 0.717) is 17.7 Å². The molecule has 0 aliphatic carbocycles. The fraction of sp³-hybridized carbons (Fsp3) is 0.800. The van der Waals surface area contributed by atoms with Gasteiger partial charge in [-0.05, 0) is 25.9 Å². The van der Waals surface area contributed by atoms with Crippen LogP contribution in [0.1, 0.15) is 25.2 Å². The van der Waals surface area contributed by atoms with E-state index in [-0.39, 0.29) is 0 Å². The maximum Gasteiger partial charge on any atom is 0.276 e. The predicted octanol–water partition coefficient (Wildman–Crippen LogP) is 1.11. The second-order valence-electron chi connectivity index (χ2n) is 3.92. The van der Waals surface area contributed by atoms with Crippen LogP contribution in [0.2, 0.25) is 0 Å². The molecule has 1 saturated heterocycles. The molecule has 0 unspecified atom stereocenters. The maximum atomic E-state index is 5.39. The van der Waals surface area contributed by atoms with Crippen molar-refractivity contribution < 1.29 is 4.42 Å². The number of aromatic nitrogens is 2. The number of nitrogens with two attached hydrogens (primary N) is 1. The summed E-state index contributed by atoms with van der Waals surface area (Å²) in [5.41, 5.74) is 5.39. The van der Waals surface area contributed by atoms with Crippen molar-refractivity contribution in [2.45, 2.75) is 31.0 Å². The van der Waals surface area contributed by atoms with Crippen LogP contribution in [-0.4, -0.2) is 40.5 Å². The first-order chi connectivity index (χ1) is 7.88. The SMILES string of the molecule is NCc1nnc(SCCN2CCCCC2)o1. The summed E-state index contributed by atoms with van der Waals surface area (Å²) in [4.78, 5) is 2.50. The molecule has 0 aromatic carbocycles. The number of thioether (sulfide) groups is 1. The molecule has 2 heterocycles. The first-order valence-corrected chi connectivity index (χ1v) is 6.74. The number of likely N-dealkylation sites (tertiary alicyclic amines) is 1. The third kappa shape index (κ3) is 3.47. The highest BCUT2D eigenvalue weighted by molar-refractivity contribution is 7.99. The molecule has 0 spiro atoms. The summed E-state index contributed by atoms with van der Waals surface area (Å²) in [5.74, 6) is 1.52. The van der Waals surface area contributed by atoms with E-state index in [0.717, 1.165) is 12.3 Å². The largest absolute Gasteiger partial charge is 0.415 e. The zero-order valence-corrected chi connectivity index (χ0v) is 10.2. The number of piperidine rings is 1. The zero-order valence-electron chi connectivity index (χ0n) is 9.39. The Balaban J connectivity index is 1.66.